The highest BCUT2D eigenvalue weighted by molar-refractivity contribution is 9.10. The fraction of sp³-hybridized carbons (Fsp3) is 0.200. The number of hydrogen-bond acceptors (Lipinski definition) is 3. The quantitative estimate of drug-likeness (QED) is 0.819. The largest absolute Gasteiger partial charge is 0.490 e. The van der Waals surface area contributed by atoms with Crippen molar-refractivity contribution < 1.29 is 13.9 Å². The number of nitrogens with two attached hydrogens (primary N) is 1. The van der Waals surface area contributed by atoms with E-state index in [1.165, 1.54) is 6.07 Å². The maximum absolute atomic E-state index is 13.5. The summed E-state index contributed by atoms with van der Waals surface area (Å²) >= 11 is 3.19. The Bertz CT molecular complexity index is 560. The van der Waals surface area contributed by atoms with E-state index in [2.05, 4.69) is 15.9 Å². The standard InChI is InChI=1S/C15H15BrFNO2/c16-12-3-6-15(14(17)9-12)20-8-7-19-13-4-1-11(10-18)2-5-13/h1-6,9H,7-8,10,18H2. The van der Waals surface area contributed by atoms with Crippen LogP contribution in [0.5, 0.6) is 11.5 Å². The first kappa shape index (κ1) is 14.8. The molecular weight excluding hydrogens is 325 g/mol. The summed E-state index contributed by atoms with van der Waals surface area (Å²) in [4.78, 5) is 0. The summed E-state index contributed by atoms with van der Waals surface area (Å²) < 4.78 is 25.0. The Morgan fingerprint density at radius 1 is 1.00 bits per heavy atom. The minimum Gasteiger partial charge on any atom is -0.490 e. The number of hydrogen-bond donors (Lipinski definition) is 1. The highest BCUT2D eigenvalue weighted by Gasteiger charge is 2.03. The molecule has 0 aliphatic carbocycles. The maximum Gasteiger partial charge on any atom is 0.166 e. The molecule has 0 amide bonds. The Hall–Kier alpha value is -1.59. The molecule has 0 saturated heterocycles. The lowest BCUT2D eigenvalue weighted by Crippen LogP contribution is -2.09. The van der Waals surface area contributed by atoms with Crippen molar-refractivity contribution in [3.8, 4) is 11.5 Å². The zero-order valence-corrected chi connectivity index (χ0v) is 12.4. The van der Waals surface area contributed by atoms with Gasteiger partial charge in [0.05, 0.1) is 0 Å². The minimum atomic E-state index is -0.397. The van der Waals surface area contributed by atoms with E-state index < -0.39 is 5.82 Å². The summed E-state index contributed by atoms with van der Waals surface area (Å²) in [5, 5.41) is 0. The molecule has 0 aromatic heterocycles. The van der Waals surface area contributed by atoms with Crippen LogP contribution in [0.25, 0.3) is 0 Å². The van der Waals surface area contributed by atoms with E-state index in [1.807, 2.05) is 24.3 Å². The number of rotatable bonds is 6. The van der Waals surface area contributed by atoms with E-state index in [4.69, 9.17) is 15.2 Å². The molecule has 0 saturated carbocycles. The van der Waals surface area contributed by atoms with Crippen LogP contribution in [0.3, 0.4) is 0 Å². The van der Waals surface area contributed by atoms with Gasteiger partial charge in [0, 0.05) is 11.0 Å². The third kappa shape index (κ3) is 4.21. The summed E-state index contributed by atoms with van der Waals surface area (Å²) in [7, 11) is 0. The Balaban J connectivity index is 1.78. The molecule has 0 bridgehead atoms. The second kappa shape index (κ2) is 7.26. The van der Waals surface area contributed by atoms with Gasteiger partial charge in [-0.25, -0.2) is 4.39 Å². The van der Waals surface area contributed by atoms with Crippen molar-refractivity contribution in [3.05, 3.63) is 58.3 Å². The molecule has 2 rings (SSSR count). The second-order valence-electron chi connectivity index (χ2n) is 4.12. The van der Waals surface area contributed by atoms with Gasteiger partial charge in [0.15, 0.2) is 11.6 Å². The van der Waals surface area contributed by atoms with Gasteiger partial charge in [-0.1, -0.05) is 28.1 Å². The van der Waals surface area contributed by atoms with Crippen LogP contribution in [0.15, 0.2) is 46.9 Å². The van der Waals surface area contributed by atoms with Gasteiger partial charge in [-0.15, -0.1) is 0 Å². The average Bonchev–Trinajstić information content (AvgIpc) is 2.46. The summed E-state index contributed by atoms with van der Waals surface area (Å²) in [5.74, 6) is 0.559. The minimum absolute atomic E-state index is 0.218. The van der Waals surface area contributed by atoms with Crippen molar-refractivity contribution in [2.75, 3.05) is 13.2 Å². The number of ether oxygens (including phenoxy) is 2. The second-order valence-corrected chi connectivity index (χ2v) is 5.04. The lowest BCUT2D eigenvalue weighted by Gasteiger charge is -2.09. The molecule has 2 aromatic carbocycles. The average molecular weight is 340 g/mol. The van der Waals surface area contributed by atoms with Crippen molar-refractivity contribution in [2.24, 2.45) is 5.73 Å². The smallest absolute Gasteiger partial charge is 0.166 e. The summed E-state index contributed by atoms with van der Waals surface area (Å²) in [6.07, 6.45) is 0. The van der Waals surface area contributed by atoms with Crippen LogP contribution < -0.4 is 15.2 Å². The fourth-order valence-electron chi connectivity index (χ4n) is 1.63. The molecule has 0 fully saturated rings. The molecule has 106 valence electrons. The third-order valence-corrected chi connectivity index (χ3v) is 3.16. The van der Waals surface area contributed by atoms with E-state index in [1.54, 1.807) is 12.1 Å². The van der Waals surface area contributed by atoms with E-state index in [-0.39, 0.29) is 12.4 Å². The monoisotopic (exact) mass is 339 g/mol. The summed E-state index contributed by atoms with van der Waals surface area (Å²) in [6.45, 7) is 1.13. The molecule has 3 nitrogen and oxygen atoms in total. The van der Waals surface area contributed by atoms with Gasteiger partial charge in [0.1, 0.15) is 19.0 Å². The number of halogens is 2. The van der Waals surface area contributed by atoms with Gasteiger partial charge in [0.2, 0.25) is 0 Å². The molecule has 0 radical (unpaired) electrons. The first-order chi connectivity index (χ1) is 9.69. The molecular formula is C15H15BrFNO2. The van der Waals surface area contributed by atoms with Gasteiger partial charge in [-0.2, -0.15) is 0 Å². The van der Waals surface area contributed by atoms with Crippen LogP contribution in [0.4, 0.5) is 4.39 Å². The van der Waals surface area contributed by atoms with Gasteiger partial charge in [-0.05, 0) is 35.9 Å². The van der Waals surface area contributed by atoms with Gasteiger partial charge in [-0.3, -0.25) is 0 Å². The molecule has 0 spiro atoms. The zero-order valence-electron chi connectivity index (χ0n) is 10.8. The third-order valence-electron chi connectivity index (χ3n) is 2.66. The van der Waals surface area contributed by atoms with E-state index in [0.717, 1.165) is 11.3 Å². The summed E-state index contributed by atoms with van der Waals surface area (Å²) in [5.41, 5.74) is 6.56. The van der Waals surface area contributed by atoms with Gasteiger partial charge in [0.25, 0.3) is 0 Å². The maximum atomic E-state index is 13.5. The first-order valence-corrected chi connectivity index (χ1v) is 6.98. The van der Waals surface area contributed by atoms with E-state index in [9.17, 15) is 4.39 Å². The van der Waals surface area contributed by atoms with Crippen LogP contribution in [-0.4, -0.2) is 13.2 Å². The molecule has 2 N–H and O–H groups in total. The Morgan fingerprint density at radius 3 is 2.35 bits per heavy atom. The molecule has 0 aliphatic heterocycles. The van der Waals surface area contributed by atoms with Gasteiger partial charge >= 0.3 is 0 Å². The molecule has 5 heteroatoms. The SMILES string of the molecule is NCc1ccc(OCCOc2ccc(Br)cc2F)cc1. The predicted octanol–water partition coefficient (Wildman–Crippen LogP) is 3.50. The van der Waals surface area contributed by atoms with Crippen molar-refractivity contribution in [1.29, 1.82) is 0 Å². The molecule has 20 heavy (non-hydrogen) atoms. The topological polar surface area (TPSA) is 44.5 Å². The fourth-order valence-corrected chi connectivity index (χ4v) is 1.96. The van der Waals surface area contributed by atoms with Crippen LogP contribution in [0.1, 0.15) is 5.56 Å². The lowest BCUT2D eigenvalue weighted by molar-refractivity contribution is 0.211. The first-order valence-electron chi connectivity index (χ1n) is 6.18. The molecule has 0 aliphatic rings. The Morgan fingerprint density at radius 2 is 1.70 bits per heavy atom. The van der Waals surface area contributed by atoms with E-state index >= 15 is 0 Å². The van der Waals surface area contributed by atoms with Crippen LogP contribution in [0, 0.1) is 5.82 Å². The Labute approximate surface area is 125 Å². The highest BCUT2D eigenvalue weighted by Crippen LogP contribution is 2.21. The van der Waals surface area contributed by atoms with Crippen molar-refractivity contribution in [1.82, 2.24) is 0 Å². The van der Waals surface area contributed by atoms with Crippen molar-refractivity contribution in [2.45, 2.75) is 6.54 Å². The van der Waals surface area contributed by atoms with Crippen molar-refractivity contribution >= 4 is 15.9 Å². The molecule has 0 unspecified atom stereocenters. The zero-order chi connectivity index (χ0) is 14.4. The van der Waals surface area contributed by atoms with Crippen LogP contribution in [0.2, 0.25) is 0 Å². The normalized spacial score (nSPS) is 10.3. The van der Waals surface area contributed by atoms with Crippen LogP contribution >= 0.6 is 15.9 Å². The molecule has 0 heterocycles. The van der Waals surface area contributed by atoms with Crippen LogP contribution in [-0.2, 0) is 6.54 Å². The molecule has 0 atom stereocenters. The highest BCUT2D eigenvalue weighted by atomic mass is 79.9. The number of benzene rings is 2. The van der Waals surface area contributed by atoms with Crippen molar-refractivity contribution in [3.63, 3.8) is 0 Å². The lowest BCUT2D eigenvalue weighted by atomic mass is 10.2. The van der Waals surface area contributed by atoms with E-state index in [0.29, 0.717) is 17.6 Å². The summed E-state index contributed by atoms with van der Waals surface area (Å²) in [6, 6.07) is 12.2. The molecule has 2 aromatic rings. The predicted molar refractivity (Wildman–Crippen MR) is 79.4 cm³/mol. The van der Waals surface area contributed by atoms with Gasteiger partial charge < -0.3 is 15.2 Å². The Kier molecular flexibility index (Phi) is 5.38.